The minimum Gasteiger partial charge on any atom is -0.368 e. The minimum absolute atomic E-state index is 0.427. The van der Waals surface area contributed by atoms with E-state index in [-0.39, 0.29) is 0 Å². The Morgan fingerprint density at radius 1 is 1.12 bits per heavy atom. The minimum atomic E-state index is 0.427. The van der Waals surface area contributed by atoms with E-state index in [1.165, 1.54) is 51.6 Å². The molecule has 1 aromatic heterocycles. The summed E-state index contributed by atoms with van der Waals surface area (Å²) < 4.78 is 0. The van der Waals surface area contributed by atoms with Gasteiger partial charge >= 0.3 is 0 Å². The maximum absolute atomic E-state index is 5.98. The molecule has 3 fully saturated rings. The number of hydrogen-bond acceptors (Lipinski definition) is 5. The predicted octanol–water partition coefficient (Wildman–Crippen LogP) is 3.10. The summed E-state index contributed by atoms with van der Waals surface area (Å²) in [6.07, 6.45) is 10.4. The molecule has 5 heteroatoms. The first kappa shape index (κ1) is 17.1. The van der Waals surface area contributed by atoms with Gasteiger partial charge in [0.05, 0.1) is 0 Å². The van der Waals surface area contributed by atoms with Crippen LogP contribution < -0.4 is 10.6 Å². The molecule has 2 saturated carbocycles. The molecule has 5 nitrogen and oxygen atoms in total. The molecule has 0 aromatic carbocycles. The van der Waals surface area contributed by atoms with E-state index in [2.05, 4.69) is 32.8 Å². The van der Waals surface area contributed by atoms with Crippen LogP contribution in [0.5, 0.6) is 0 Å². The number of aryl methyl sites for hydroxylation is 1. The van der Waals surface area contributed by atoms with Gasteiger partial charge in [0.1, 0.15) is 5.82 Å². The van der Waals surface area contributed by atoms with Crippen molar-refractivity contribution in [3.63, 3.8) is 0 Å². The highest BCUT2D eigenvalue weighted by Gasteiger charge is 2.34. The molecule has 2 N–H and O–H groups in total. The average molecular weight is 344 g/mol. The van der Waals surface area contributed by atoms with Crippen LogP contribution >= 0.6 is 0 Å². The quantitative estimate of drug-likeness (QED) is 0.786. The monoisotopic (exact) mass is 343 g/mol. The first-order chi connectivity index (χ1) is 12.2. The van der Waals surface area contributed by atoms with Crippen LogP contribution in [0.3, 0.4) is 0 Å². The van der Waals surface area contributed by atoms with E-state index in [4.69, 9.17) is 5.73 Å². The van der Waals surface area contributed by atoms with Crippen molar-refractivity contribution in [2.45, 2.75) is 64.3 Å². The molecule has 0 amide bonds. The van der Waals surface area contributed by atoms with Crippen molar-refractivity contribution in [3.8, 4) is 0 Å². The number of rotatable bonds is 8. The van der Waals surface area contributed by atoms with Gasteiger partial charge in [0.15, 0.2) is 0 Å². The van der Waals surface area contributed by atoms with Gasteiger partial charge in [-0.2, -0.15) is 4.98 Å². The van der Waals surface area contributed by atoms with Gasteiger partial charge in [-0.3, -0.25) is 4.90 Å². The largest absolute Gasteiger partial charge is 0.368 e. The lowest BCUT2D eigenvalue weighted by atomic mass is 10.0. The van der Waals surface area contributed by atoms with E-state index >= 15 is 0 Å². The Hall–Kier alpha value is -1.36. The van der Waals surface area contributed by atoms with Crippen LogP contribution in [0.4, 0.5) is 11.8 Å². The van der Waals surface area contributed by atoms with E-state index in [9.17, 15) is 0 Å². The molecule has 138 valence electrons. The number of anilines is 2. The molecule has 4 rings (SSSR count). The van der Waals surface area contributed by atoms with E-state index in [1.807, 2.05) is 0 Å². The van der Waals surface area contributed by atoms with Gasteiger partial charge in [-0.15, -0.1) is 0 Å². The van der Waals surface area contributed by atoms with Crippen molar-refractivity contribution in [2.75, 3.05) is 36.8 Å². The highest BCUT2D eigenvalue weighted by atomic mass is 15.3. The molecular formula is C20H33N5. The molecule has 1 saturated heterocycles. The molecule has 0 radical (unpaired) electrons. The normalized spacial score (nSPS) is 24.1. The summed E-state index contributed by atoms with van der Waals surface area (Å²) in [5, 5.41) is 0. The Morgan fingerprint density at radius 2 is 1.84 bits per heavy atom. The van der Waals surface area contributed by atoms with E-state index < -0.39 is 0 Å². The Morgan fingerprint density at radius 3 is 2.48 bits per heavy atom. The third kappa shape index (κ3) is 4.63. The van der Waals surface area contributed by atoms with Crippen LogP contribution in [0.1, 0.15) is 57.6 Å². The van der Waals surface area contributed by atoms with Crippen LogP contribution in [0.2, 0.25) is 0 Å². The third-order valence-electron chi connectivity index (χ3n) is 5.91. The van der Waals surface area contributed by atoms with Gasteiger partial charge in [0.2, 0.25) is 5.95 Å². The lowest BCUT2D eigenvalue weighted by Gasteiger charge is -2.40. The summed E-state index contributed by atoms with van der Waals surface area (Å²) in [6.45, 7) is 7.02. The first-order valence-corrected chi connectivity index (χ1v) is 10.3. The Balaban J connectivity index is 1.45. The lowest BCUT2D eigenvalue weighted by molar-refractivity contribution is 0.161. The molecule has 2 aliphatic carbocycles. The van der Waals surface area contributed by atoms with Gasteiger partial charge in [-0.1, -0.05) is 13.3 Å². The summed E-state index contributed by atoms with van der Waals surface area (Å²) in [5.74, 6) is 3.41. The second-order valence-corrected chi connectivity index (χ2v) is 8.41. The van der Waals surface area contributed by atoms with Crippen molar-refractivity contribution in [3.05, 3.63) is 11.8 Å². The Kier molecular flexibility index (Phi) is 5.11. The van der Waals surface area contributed by atoms with Crippen LogP contribution in [-0.4, -0.2) is 47.1 Å². The summed E-state index contributed by atoms with van der Waals surface area (Å²) in [6, 6.07) is 2.84. The fourth-order valence-corrected chi connectivity index (χ4v) is 4.15. The Bertz CT molecular complexity index is 567. The maximum Gasteiger partial charge on any atom is 0.222 e. The predicted molar refractivity (Wildman–Crippen MR) is 103 cm³/mol. The number of nitrogens with zero attached hydrogens (tertiary/aromatic N) is 4. The van der Waals surface area contributed by atoms with E-state index in [1.54, 1.807) is 0 Å². The highest BCUT2D eigenvalue weighted by molar-refractivity contribution is 5.44. The standard InChI is InChI=1S/C20H33N5/c1-2-4-17-11-19(23-20(21)22-17)24-10-3-5-18(14-24)25(12-15-6-7-15)13-16-8-9-16/h11,15-16,18H,2-10,12-14H2,1H3,(H2,21,22,23). The van der Waals surface area contributed by atoms with E-state index in [0.717, 1.165) is 49.3 Å². The zero-order valence-electron chi connectivity index (χ0n) is 15.7. The number of hydrogen-bond donors (Lipinski definition) is 1. The van der Waals surface area contributed by atoms with Gasteiger partial charge in [-0.05, 0) is 56.8 Å². The molecule has 1 aliphatic heterocycles. The number of nitrogens with two attached hydrogens (primary N) is 1. The molecule has 25 heavy (non-hydrogen) atoms. The van der Waals surface area contributed by atoms with Crippen molar-refractivity contribution in [1.82, 2.24) is 14.9 Å². The van der Waals surface area contributed by atoms with Crippen LogP contribution in [0.25, 0.3) is 0 Å². The van der Waals surface area contributed by atoms with Crippen LogP contribution in [-0.2, 0) is 6.42 Å². The number of aromatic nitrogens is 2. The average Bonchev–Trinajstić information content (AvgIpc) is 3.50. The maximum atomic E-state index is 5.98. The van der Waals surface area contributed by atoms with Crippen molar-refractivity contribution in [1.29, 1.82) is 0 Å². The second-order valence-electron chi connectivity index (χ2n) is 8.41. The smallest absolute Gasteiger partial charge is 0.222 e. The van der Waals surface area contributed by atoms with Gasteiger partial charge in [-0.25, -0.2) is 4.98 Å². The molecule has 3 aliphatic rings. The highest BCUT2D eigenvalue weighted by Crippen LogP contribution is 2.36. The molecule has 2 heterocycles. The van der Waals surface area contributed by atoms with Crippen molar-refractivity contribution in [2.24, 2.45) is 11.8 Å². The van der Waals surface area contributed by atoms with Crippen LogP contribution in [0.15, 0.2) is 6.07 Å². The number of piperidine rings is 1. The van der Waals surface area contributed by atoms with Gasteiger partial charge < -0.3 is 10.6 Å². The second kappa shape index (κ2) is 7.48. The summed E-state index contributed by atoms with van der Waals surface area (Å²) in [7, 11) is 0. The molecule has 1 aromatic rings. The SMILES string of the molecule is CCCc1cc(N2CCCC(N(CC3CC3)CC3CC3)C2)nc(N)n1. The third-order valence-corrected chi connectivity index (χ3v) is 5.91. The van der Waals surface area contributed by atoms with Crippen molar-refractivity contribution >= 4 is 11.8 Å². The molecular weight excluding hydrogens is 310 g/mol. The number of nitrogen functional groups attached to an aromatic ring is 1. The zero-order valence-corrected chi connectivity index (χ0v) is 15.7. The Labute approximate surface area is 152 Å². The summed E-state index contributed by atoms with van der Waals surface area (Å²) >= 11 is 0. The van der Waals surface area contributed by atoms with E-state index in [0.29, 0.717) is 12.0 Å². The zero-order chi connectivity index (χ0) is 17.2. The first-order valence-electron chi connectivity index (χ1n) is 10.3. The molecule has 1 atom stereocenters. The molecule has 1 unspecified atom stereocenters. The molecule has 0 spiro atoms. The summed E-state index contributed by atoms with van der Waals surface area (Å²) in [4.78, 5) is 14.2. The summed E-state index contributed by atoms with van der Waals surface area (Å²) in [5.41, 5.74) is 7.06. The molecule has 0 bridgehead atoms. The fraction of sp³-hybridized carbons (Fsp3) is 0.800. The van der Waals surface area contributed by atoms with Crippen molar-refractivity contribution < 1.29 is 0 Å². The topological polar surface area (TPSA) is 58.3 Å². The van der Waals surface area contributed by atoms with Crippen LogP contribution in [0, 0.1) is 11.8 Å². The van der Waals surface area contributed by atoms with Gasteiger partial charge in [0, 0.05) is 44.0 Å². The lowest BCUT2D eigenvalue weighted by Crippen LogP contribution is -2.49. The fourth-order valence-electron chi connectivity index (χ4n) is 4.15. The van der Waals surface area contributed by atoms with Gasteiger partial charge in [0.25, 0.3) is 0 Å².